The molecule has 1 atom stereocenters. The fourth-order valence-corrected chi connectivity index (χ4v) is 2.66. The average Bonchev–Trinajstić information content (AvgIpc) is 2.61. The summed E-state index contributed by atoms with van der Waals surface area (Å²) in [6.45, 7) is 1.51. The zero-order valence-electron chi connectivity index (χ0n) is 12.3. The Balaban J connectivity index is 1.56. The summed E-state index contributed by atoms with van der Waals surface area (Å²) in [5.41, 5.74) is 1.00. The molecular weight excluding hydrogens is 280 g/mol. The topological polar surface area (TPSA) is 68.2 Å². The van der Waals surface area contributed by atoms with Crippen LogP contribution in [0.5, 0.6) is 5.75 Å². The number of hydrogen-bond acceptors (Lipinski definition) is 5. The molecule has 2 aromatic heterocycles. The molecule has 0 aliphatic carbocycles. The zero-order valence-corrected chi connectivity index (χ0v) is 12.3. The van der Waals surface area contributed by atoms with Gasteiger partial charge in [-0.1, -0.05) is 0 Å². The summed E-state index contributed by atoms with van der Waals surface area (Å²) in [5.74, 6) is 0.891. The van der Waals surface area contributed by atoms with Gasteiger partial charge in [0.05, 0.1) is 6.20 Å². The lowest BCUT2D eigenvalue weighted by atomic mass is 9.94. The number of carbonyl (C=O) groups is 1. The third-order valence-corrected chi connectivity index (χ3v) is 3.79. The van der Waals surface area contributed by atoms with Crippen LogP contribution in [-0.2, 0) is 4.79 Å². The van der Waals surface area contributed by atoms with E-state index in [4.69, 9.17) is 4.74 Å². The Morgan fingerprint density at radius 2 is 2.27 bits per heavy atom. The van der Waals surface area contributed by atoms with E-state index in [1.165, 1.54) is 0 Å². The van der Waals surface area contributed by atoms with Crippen molar-refractivity contribution >= 4 is 5.91 Å². The zero-order chi connectivity index (χ0) is 15.2. The maximum atomic E-state index is 12.3. The molecule has 114 valence electrons. The molecule has 0 saturated carbocycles. The standard InChI is InChI=1S/C16H18N4O2/c21-16(11-22-14-4-1-6-17-9-14)20-8-2-3-13(10-20)15-5-7-18-12-19-15/h1,4-7,9,12-13H,2-3,8,10-11H2/t13-/m0/s1. The summed E-state index contributed by atoms with van der Waals surface area (Å²) < 4.78 is 5.48. The van der Waals surface area contributed by atoms with Crippen LogP contribution in [0.15, 0.2) is 43.1 Å². The van der Waals surface area contributed by atoms with Crippen LogP contribution in [0.1, 0.15) is 24.5 Å². The van der Waals surface area contributed by atoms with Crippen molar-refractivity contribution in [2.45, 2.75) is 18.8 Å². The Labute approximate surface area is 129 Å². The summed E-state index contributed by atoms with van der Waals surface area (Å²) in [6, 6.07) is 5.50. The predicted octanol–water partition coefficient (Wildman–Crippen LogP) is 1.66. The molecule has 6 nitrogen and oxygen atoms in total. The normalized spacial score (nSPS) is 18.0. The minimum atomic E-state index is 0.00242. The van der Waals surface area contributed by atoms with Crippen LogP contribution in [0.3, 0.4) is 0 Å². The van der Waals surface area contributed by atoms with E-state index in [1.807, 2.05) is 11.0 Å². The Hall–Kier alpha value is -2.50. The van der Waals surface area contributed by atoms with Crippen LogP contribution in [0, 0.1) is 0 Å². The lowest BCUT2D eigenvalue weighted by molar-refractivity contribution is -0.134. The Morgan fingerprint density at radius 3 is 3.05 bits per heavy atom. The van der Waals surface area contributed by atoms with Crippen molar-refractivity contribution in [3.8, 4) is 5.75 Å². The lowest BCUT2D eigenvalue weighted by Gasteiger charge is -2.32. The summed E-state index contributed by atoms with van der Waals surface area (Å²) in [6.07, 6.45) is 8.60. The van der Waals surface area contributed by atoms with Gasteiger partial charge in [0, 0.05) is 37.1 Å². The van der Waals surface area contributed by atoms with Crippen LogP contribution in [0.25, 0.3) is 0 Å². The number of aromatic nitrogens is 3. The number of nitrogens with zero attached hydrogens (tertiary/aromatic N) is 4. The van der Waals surface area contributed by atoms with E-state index in [2.05, 4.69) is 15.0 Å². The third-order valence-electron chi connectivity index (χ3n) is 3.79. The van der Waals surface area contributed by atoms with Gasteiger partial charge in [0.2, 0.25) is 0 Å². The molecule has 3 heterocycles. The quantitative estimate of drug-likeness (QED) is 0.858. The van der Waals surface area contributed by atoms with Crippen molar-refractivity contribution in [2.75, 3.05) is 19.7 Å². The number of hydrogen-bond donors (Lipinski definition) is 0. The molecule has 1 aliphatic heterocycles. The molecular formula is C16H18N4O2. The second-order valence-electron chi connectivity index (χ2n) is 5.29. The second kappa shape index (κ2) is 6.98. The fraction of sp³-hybridized carbons (Fsp3) is 0.375. The first-order chi connectivity index (χ1) is 10.8. The number of carbonyl (C=O) groups excluding carboxylic acids is 1. The molecule has 1 saturated heterocycles. The van der Waals surface area contributed by atoms with Crippen LogP contribution in [-0.4, -0.2) is 45.5 Å². The highest BCUT2D eigenvalue weighted by atomic mass is 16.5. The monoisotopic (exact) mass is 298 g/mol. The average molecular weight is 298 g/mol. The second-order valence-corrected chi connectivity index (χ2v) is 5.29. The van der Waals surface area contributed by atoms with E-state index in [0.29, 0.717) is 12.3 Å². The van der Waals surface area contributed by atoms with Crippen molar-refractivity contribution in [1.82, 2.24) is 19.9 Å². The largest absolute Gasteiger partial charge is 0.482 e. The van der Waals surface area contributed by atoms with E-state index in [-0.39, 0.29) is 18.4 Å². The van der Waals surface area contributed by atoms with Gasteiger partial charge < -0.3 is 9.64 Å². The molecule has 6 heteroatoms. The summed E-state index contributed by atoms with van der Waals surface area (Å²) in [5, 5.41) is 0. The van der Waals surface area contributed by atoms with Gasteiger partial charge in [-0.15, -0.1) is 0 Å². The number of rotatable bonds is 4. The van der Waals surface area contributed by atoms with Gasteiger partial charge in [-0.05, 0) is 31.0 Å². The molecule has 0 bridgehead atoms. The van der Waals surface area contributed by atoms with Crippen LogP contribution >= 0.6 is 0 Å². The molecule has 0 unspecified atom stereocenters. The molecule has 0 N–H and O–H groups in total. The highest BCUT2D eigenvalue weighted by Gasteiger charge is 2.25. The summed E-state index contributed by atoms with van der Waals surface area (Å²) >= 11 is 0. The van der Waals surface area contributed by atoms with Crippen molar-refractivity contribution < 1.29 is 9.53 Å². The maximum absolute atomic E-state index is 12.3. The van der Waals surface area contributed by atoms with Gasteiger partial charge in [-0.2, -0.15) is 0 Å². The van der Waals surface area contributed by atoms with E-state index < -0.39 is 0 Å². The lowest BCUT2D eigenvalue weighted by Crippen LogP contribution is -2.41. The minimum Gasteiger partial charge on any atom is -0.482 e. The van der Waals surface area contributed by atoms with Gasteiger partial charge in [0.1, 0.15) is 12.1 Å². The smallest absolute Gasteiger partial charge is 0.260 e. The van der Waals surface area contributed by atoms with E-state index in [9.17, 15) is 4.79 Å². The van der Waals surface area contributed by atoms with Crippen LogP contribution < -0.4 is 4.74 Å². The molecule has 1 amide bonds. The van der Waals surface area contributed by atoms with Crippen molar-refractivity contribution in [2.24, 2.45) is 0 Å². The SMILES string of the molecule is O=C(COc1cccnc1)N1CCC[C@H](c2ccncn2)C1. The number of amides is 1. The number of likely N-dealkylation sites (tertiary alicyclic amines) is 1. The number of ether oxygens (including phenoxy) is 1. The minimum absolute atomic E-state index is 0.00242. The van der Waals surface area contributed by atoms with Crippen LogP contribution in [0.2, 0.25) is 0 Å². The van der Waals surface area contributed by atoms with Crippen molar-refractivity contribution in [3.05, 3.63) is 48.8 Å². The number of pyridine rings is 1. The van der Waals surface area contributed by atoms with E-state index in [1.54, 1.807) is 37.1 Å². The fourth-order valence-electron chi connectivity index (χ4n) is 2.66. The molecule has 1 fully saturated rings. The van der Waals surface area contributed by atoms with Gasteiger partial charge in [0.25, 0.3) is 5.91 Å². The van der Waals surface area contributed by atoms with Gasteiger partial charge >= 0.3 is 0 Å². The molecule has 22 heavy (non-hydrogen) atoms. The van der Waals surface area contributed by atoms with Gasteiger partial charge in [-0.25, -0.2) is 9.97 Å². The third kappa shape index (κ3) is 3.58. The molecule has 0 radical (unpaired) electrons. The highest BCUT2D eigenvalue weighted by Crippen LogP contribution is 2.25. The molecule has 0 spiro atoms. The first-order valence-electron chi connectivity index (χ1n) is 7.39. The number of piperidine rings is 1. The summed E-state index contributed by atoms with van der Waals surface area (Å²) in [4.78, 5) is 26.4. The molecule has 0 aromatic carbocycles. The predicted molar refractivity (Wildman–Crippen MR) is 80.3 cm³/mol. The molecule has 3 rings (SSSR count). The Kier molecular flexibility index (Phi) is 4.58. The van der Waals surface area contributed by atoms with Gasteiger partial charge in [-0.3, -0.25) is 9.78 Å². The van der Waals surface area contributed by atoms with Crippen molar-refractivity contribution in [3.63, 3.8) is 0 Å². The first kappa shape index (κ1) is 14.4. The van der Waals surface area contributed by atoms with Gasteiger partial charge in [0.15, 0.2) is 6.61 Å². The highest BCUT2D eigenvalue weighted by molar-refractivity contribution is 5.78. The molecule has 2 aromatic rings. The van der Waals surface area contributed by atoms with E-state index in [0.717, 1.165) is 25.1 Å². The maximum Gasteiger partial charge on any atom is 0.260 e. The Bertz CT molecular complexity index is 606. The van der Waals surface area contributed by atoms with E-state index >= 15 is 0 Å². The van der Waals surface area contributed by atoms with Crippen molar-refractivity contribution in [1.29, 1.82) is 0 Å². The summed E-state index contributed by atoms with van der Waals surface area (Å²) in [7, 11) is 0. The molecule has 1 aliphatic rings. The first-order valence-corrected chi connectivity index (χ1v) is 7.39. The van der Waals surface area contributed by atoms with Crippen LogP contribution in [0.4, 0.5) is 0 Å². The Morgan fingerprint density at radius 1 is 1.32 bits per heavy atom.